The van der Waals surface area contributed by atoms with Gasteiger partial charge in [-0.25, -0.2) is 0 Å². The standard InChI is InChI=1S/C12H16N4OS/c1-4-17-11-9-7-8(14-12(18)13-2)5-6-10(9)16(3)15-11/h5-7H,4H2,1-3H3,(H2,13,14,18). The molecule has 0 radical (unpaired) electrons. The Morgan fingerprint density at radius 1 is 1.50 bits per heavy atom. The maximum atomic E-state index is 5.52. The van der Waals surface area contributed by atoms with Gasteiger partial charge in [-0.15, -0.1) is 5.10 Å². The number of hydrogen-bond acceptors (Lipinski definition) is 3. The van der Waals surface area contributed by atoms with Gasteiger partial charge in [-0.3, -0.25) is 4.68 Å². The second-order valence-corrected chi connectivity index (χ2v) is 4.21. The average Bonchev–Trinajstić information content (AvgIpc) is 2.66. The number of fused-ring (bicyclic) bond motifs is 1. The molecule has 0 aliphatic rings. The Hall–Kier alpha value is -1.82. The van der Waals surface area contributed by atoms with Gasteiger partial charge in [0.25, 0.3) is 0 Å². The molecule has 5 nitrogen and oxygen atoms in total. The second-order valence-electron chi connectivity index (χ2n) is 3.80. The summed E-state index contributed by atoms with van der Waals surface area (Å²) in [6, 6.07) is 5.94. The van der Waals surface area contributed by atoms with Crippen LogP contribution in [0.1, 0.15) is 6.92 Å². The predicted octanol–water partition coefficient (Wildman–Crippen LogP) is 1.89. The quantitative estimate of drug-likeness (QED) is 0.829. The molecule has 18 heavy (non-hydrogen) atoms. The smallest absolute Gasteiger partial charge is 0.240 e. The number of anilines is 1. The SMILES string of the molecule is CCOc1nn(C)c2ccc(NC(=S)NC)cc12. The Labute approximate surface area is 111 Å². The fourth-order valence-corrected chi connectivity index (χ4v) is 1.87. The molecular weight excluding hydrogens is 248 g/mol. The third-order valence-electron chi connectivity index (χ3n) is 2.58. The molecule has 96 valence electrons. The molecule has 2 rings (SSSR count). The minimum Gasteiger partial charge on any atom is -0.476 e. The third-order valence-corrected chi connectivity index (χ3v) is 2.89. The molecule has 6 heteroatoms. The van der Waals surface area contributed by atoms with Gasteiger partial charge in [-0.1, -0.05) is 0 Å². The molecule has 2 N–H and O–H groups in total. The van der Waals surface area contributed by atoms with E-state index >= 15 is 0 Å². The van der Waals surface area contributed by atoms with E-state index in [-0.39, 0.29) is 0 Å². The number of aromatic nitrogens is 2. The predicted molar refractivity (Wildman–Crippen MR) is 77.2 cm³/mol. The Morgan fingerprint density at radius 2 is 2.28 bits per heavy atom. The van der Waals surface area contributed by atoms with Crippen molar-refractivity contribution in [1.29, 1.82) is 0 Å². The summed E-state index contributed by atoms with van der Waals surface area (Å²) >= 11 is 5.07. The van der Waals surface area contributed by atoms with Crippen LogP contribution in [0.2, 0.25) is 0 Å². The molecule has 0 spiro atoms. The molecule has 0 amide bonds. The molecule has 1 heterocycles. The normalized spacial score (nSPS) is 10.4. The van der Waals surface area contributed by atoms with E-state index in [4.69, 9.17) is 17.0 Å². The van der Waals surface area contributed by atoms with Gasteiger partial charge in [-0.05, 0) is 37.3 Å². The van der Waals surface area contributed by atoms with Crippen LogP contribution < -0.4 is 15.4 Å². The summed E-state index contributed by atoms with van der Waals surface area (Å²) in [6.45, 7) is 2.54. The van der Waals surface area contributed by atoms with Crippen LogP contribution in [-0.4, -0.2) is 28.5 Å². The third kappa shape index (κ3) is 2.38. The summed E-state index contributed by atoms with van der Waals surface area (Å²) in [4.78, 5) is 0. The number of aryl methyl sites for hydroxylation is 1. The van der Waals surface area contributed by atoms with Crippen molar-refractivity contribution in [2.24, 2.45) is 7.05 Å². The number of rotatable bonds is 3. The number of benzene rings is 1. The van der Waals surface area contributed by atoms with Gasteiger partial charge in [-0.2, -0.15) is 0 Å². The summed E-state index contributed by atoms with van der Waals surface area (Å²) in [5, 5.41) is 11.9. The zero-order chi connectivity index (χ0) is 13.1. The van der Waals surface area contributed by atoms with Crippen LogP contribution in [-0.2, 0) is 7.05 Å². The first-order valence-corrected chi connectivity index (χ1v) is 6.14. The van der Waals surface area contributed by atoms with Gasteiger partial charge in [0.1, 0.15) is 0 Å². The minimum atomic E-state index is 0.580. The maximum Gasteiger partial charge on any atom is 0.240 e. The first-order chi connectivity index (χ1) is 8.65. The minimum absolute atomic E-state index is 0.580. The van der Waals surface area contributed by atoms with Crippen LogP contribution in [0.4, 0.5) is 5.69 Å². The monoisotopic (exact) mass is 264 g/mol. The van der Waals surface area contributed by atoms with Crippen molar-refractivity contribution in [3.05, 3.63) is 18.2 Å². The zero-order valence-electron chi connectivity index (χ0n) is 10.7. The van der Waals surface area contributed by atoms with Crippen LogP contribution in [0.5, 0.6) is 5.88 Å². The molecule has 0 saturated heterocycles. The number of nitrogens with one attached hydrogen (secondary N) is 2. The summed E-state index contributed by atoms with van der Waals surface area (Å²) in [7, 11) is 3.68. The molecule has 0 aliphatic heterocycles. The van der Waals surface area contributed by atoms with Crippen molar-refractivity contribution >= 4 is 33.9 Å². The molecular formula is C12H16N4OS. The van der Waals surface area contributed by atoms with E-state index in [1.807, 2.05) is 32.2 Å². The first-order valence-electron chi connectivity index (χ1n) is 5.74. The van der Waals surface area contributed by atoms with E-state index < -0.39 is 0 Å². The van der Waals surface area contributed by atoms with Gasteiger partial charge in [0.2, 0.25) is 5.88 Å². The highest BCUT2D eigenvalue weighted by molar-refractivity contribution is 7.80. The molecule has 0 saturated carbocycles. The molecule has 0 atom stereocenters. The summed E-state index contributed by atoms with van der Waals surface area (Å²) in [6.07, 6.45) is 0. The second kappa shape index (κ2) is 5.22. The summed E-state index contributed by atoms with van der Waals surface area (Å²) < 4.78 is 7.32. The lowest BCUT2D eigenvalue weighted by Gasteiger charge is -2.07. The number of thiocarbonyl (C=S) groups is 1. The topological polar surface area (TPSA) is 51.1 Å². The van der Waals surface area contributed by atoms with E-state index in [9.17, 15) is 0 Å². The first kappa shape index (κ1) is 12.6. The largest absolute Gasteiger partial charge is 0.476 e. The number of nitrogens with zero attached hydrogens (tertiary/aromatic N) is 2. The summed E-state index contributed by atoms with van der Waals surface area (Å²) in [5.74, 6) is 0.647. The molecule has 0 unspecified atom stereocenters. The van der Waals surface area contributed by atoms with Gasteiger partial charge in [0, 0.05) is 19.8 Å². The molecule has 0 aliphatic carbocycles. The van der Waals surface area contributed by atoms with E-state index in [0.717, 1.165) is 16.6 Å². The molecule has 0 fully saturated rings. The fourth-order valence-electron chi connectivity index (χ4n) is 1.75. The van der Waals surface area contributed by atoms with Crippen LogP contribution in [0.15, 0.2) is 18.2 Å². The Morgan fingerprint density at radius 3 is 2.94 bits per heavy atom. The van der Waals surface area contributed by atoms with Crippen LogP contribution in [0, 0.1) is 0 Å². The van der Waals surface area contributed by atoms with E-state index in [1.165, 1.54) is 0 Å². The average molecular weight is 264 g/mol. The number of hydrogen-bond donors (Lipinski definition) is 2. The molecule has 2 aromatic rings. The van der Waals surface area contributed by atoms with Crippen molar-refractivity contribution < 1.29 is 4.74 Å². The molecule has 0 bridgehead atoms. The van der Waals surface area contributed by atoms with Gasteiger partial charge in [0.05, 0.1) is 17.5 Å². The van der Waals surface area contributed by atoms with E-state index in [2.05, 4.69) is 15.7 Å². The van der Waals surface area contributed by atoms with Crippen LogP contribution >= 0.6 is 12.2 Å². The zero-order valence-corrected chi connectivity index (χ0v) is 11.5. The maximum absolute atomic E-state index is 5.52. The summed E-state index contributed by atoms with van der Waals surface area (Å²) in [5.41, 5.74) is 1.94. The van der Waals surface area contributed by atoms with E-state index in [1.54, 1.807) is 11.7 Å². The van der Waals surface area contributed by atoms with Gasteiger partial charge in [0.15, 0.2) is 5.11 Å². The van der Waals surface area contributed by atoms with E-state index in [0.29, 0.717) is 17.6 Å². The number of ether oxygens (including phenoxy) is 1. The van der Waals surface area contributed by atoms with Crippen LogP contribution in [0.3, 0.4) is 0 Å². The lowest BCUT2D eigenvalue weighted by Crippen LogP contribution is -2.23. The van der Waals surface area contributed by atoms with Crippen molar-refractivity contribution in [1.82, 2.24) is 15.1 Å². The highest BCUT2D eigenvalue weighted by Gasteiger charge is 2.10. The highest BCUT2D eigenvalue weighted by atomic mass is 32.1. The fraction of sp³-hybridized carbons (Fsp3) is 0.333. The lowest BCUT2D eigenvalue weighted by atomic mass is 10.2. The van der Waals surface area contributed by atoms with Crippen molar-refractivity contribution in [2.45, 2.75) is 6.92 Å². The van der Waals surface area contributed by atoms with Crippen LogP contribution in [0.25, 0.3) is 10.9 Å². The van der Waals surface area contributed by atoms with Gasteiger partial charge >= 0.3 is 0 Å². The Kier molecular flexibility index (Phi) is 3.66. The molecule has 1 aromatic heterocycles. The van der Waals surface area contributed by atoms with Gasteiger partial charge < -0.3 is 15.4 Å². The lowest BCUT2D eigenvalue weighted by molar-refractivity contribution is 0.326. The Bertz CT molecular complexity index is 579. The Balaban J connectivity index is 2.42. The highest BCUT2D eigenvalue weighted by Crippen LogP contribution is 2.27. The van der Waals surface area contributed by atoms with Crippen molar-refractivity contribution in [3.8, 4) is 5.88 Å². The molecule has 1 aromatic carbocycles. The van der Waals surface area contributed by atoms with Crippen molar-refractivity contribution in [3.63, 3.8) is 0 Å². The van der Waals surface area contributed by atoms with Crippen molar-refractivity contribution in [2.75, 3.05) is 19.0 Å².